The quantitative estimate of drug-likeness (QED) is 0.848. The van der Waals surface area contributed by atoms with Crippen molar-refractivity contribution in [1.82, 2.24) is 19.7 Å². The lowest BCUT2D eigenvalue weighted by molar-refractivity contribution is 0.166. The third-order valence-electron chi connectivity index (χ3n) is 2.15. The van der Waals surface area contributed by atoms with Crippen LogP contribution >= 0.6 is 0 Å². The highest BCUT2D eigenvalue weighted by molar-refractivity contribution is 5.09. The van der Waals surface area contributed by atoms with E-state index in [1.165, 1.54) is 5.69 Å². The van der Waals surface area contributed by atoms with Gasteiger partial charge in [0.25, 0.3) is 0 Å². The van der Waals surface area contributed by atoms with Gasteiger partial charge in [0, 0.05) is 5.69 Å². The van der Waals surface area contributed by atoms with Gasteiger partial charge in [-0.1, -0.05) is 13.8 Å². The molecule has 0 fully saturated rings. The Balaban J connectivity index is 0.000000283. The molecule has 1 N–H and O–H groups in total. The molecule has 2 heterocycles. The zero-order valence-electron chi connectivity index (χ0n) is 12.4. The molecule has 18 heavy (non-hydrogen) atoms. The Morgan fingerprint density at radius 3 is 1.94 bits per heavy atom. The van der Waals surface area contributed by atoms with Gasteiger partial charge in [0.1, 0.15) is 19.3 Å². The summed E-state index contributed by atoms with van der Waals surface area (Å²) in [5, 5.41) is 0. The van der Waals surface area contributed by atoms with Crippen LogP contribution in [0.15, 0.2) is 12.5 Å². The summed E-state index contributed by atoms with van der Waals surface area (Å²) < 4.78 is 1.55. The molecular formula is C13H24N4O. The second kappa shape index (κ2) is 8.33. The lowest BCUT2D eigenvalue weighted by Crippen LogP contribution is -2.00. The van der Waals surface area contributed by atoms with Crippen LogP contribution in [0.3, 0.4) is 0 Å². The molecule has 102 valence electrons. The molecule has 2 aromatic heterocycles. The zero-order valence-corrected chi connectivity index (χ0v) is 12.4. The Labute approximate surface area is 109 Å². The number of nitrogens with one attached hydrogen (secondary N) is 1. The van der Waals surface area contributed by atoms with E-state index in [1.807, 2.05) is 41.5 Å². The maximum atomic E-state index is 4.79. The number of rotatable bonds is 1. The Morgan fingerprint density at radius 2 is 1.78 bits per heavy atom. The molecule has 0 saturated carbocycles. The van der Waals surface area contributed by atoms with E-state index < -0.39 is 0 Å². The van der Waals surface area contributed by atoms with Crippen LogP contribution in [-0.4, -0.2) is 26.8 Å². The third kappa shape index (κ3) is 5.52. The summed E-state index contributed by atoms with van der Waals surface area (Å²) in [7, 11) is 1.60. The van der Waals surface area contributed by atoms with Gasteiger partial charge in [-0.2, -0.15) is 4.73 Å². The number of nitrogens with zero attached hydrogens (tertiary/aromatic N) is 3. The van der Waals surface area contributed by atoms with Gasteiger partial charge in [-0.25, -0.2) is 9.97 Å². The van der Waals surface area contributed by atoms with Crippen LogP contribution in [0.1, 0.15) is 36.8 Å². The van der Waals surface area contributed by atoms with E-state index in [0.717, 1.165) is 17.2 Å². The molecule has 0 aromatic carbocycles. The summed E-state index contributed by atoms with van der Waals surface area (Å²) in [4.78, 5) is 16.0. The number of aromatic amines is 1. The lowest BCUT2D eigenvalue weighted by Gasteiger charge is -1.93. The predicted molar refractivity (Wildman–Crippen MR) is 73.6 cm³/mol. The first-order valence-electron chi connectivity index (χ1n) is 6.07. The van der Waals surface area contributed by atoms with E-state index in [-0.39, 0.29) is 0 Å². The Kier molecular flexibility index (Phi) is 7.51. The van der Waals surface area contributed by atoms with Crippen molar-refractivity contribution in [3.05, 3.63) is 35.4 Å². The van der Waals surface area contributed by atoms with Gasteiger partial charge in [0.05, 0.1) is 17.6 Å². The van der Waals surface area contributed by atoms with E-state index in [9.17, 15) is 0 Å². The lowest BCUT2D eigenvalue weighted by atomic mass is 10.4. The van der Waals surface area contributed by atoms with Crippen LogP contribution in [0.2, 0.25) is 0 Å². The highest BCUT2D eigenvalue weighted by atomic mass is 16.6. The molecule has 5 nitrogen and oxygen atoms in total. The fourth-order valence-corrected chi connectivity index (χ4v) is 1.22. The predicted octanol–water partition coefficient (Wildman–Crippen LogP) is 2.61. The normalized spacial score (nSPS) is 8.83. The number of hydrogen-bond donors (Lipinski definition) is 1. The van der Waals surface area contributed by atoms with Crippen LogP contribution in [0.5, 0.6) is 0 Å². The summed E-state index contributed by atoms with van der Waals surface area (Å²) in [6, 6.07) is 0. The maximum Gasteiger partial charge on any atom is 0.132 e. The molecule has 0 atom stereocenters. The highest BCUT2D eigenvalue weighted by Gasteiger charge is 1.93. The zero-order chi connectivity index (χ0) is 14.1. The molecule has 0 amide bonds. The maximum absolute atomic E-state index is 4.79. The number of aryl methyl sites for hydroxylation is 4. The fraction of sp³-hybridized carbons (Fsp3) is 0.538. The van der Waals surface area contributed by atoms with Gasteiger partial charge in [-0.3, -0.25) is 0 Å². The number of imidazole rings is 2. The van der Waals surface area contributed by atoms with E-state index in [0.29, 0.717) is 0 Å². The van der Waals surface area contributed by atoms with Crippen molar-refractivity contribution in [2.75, 3.05) is 7.11 Å². The number of hydrogen-bond acceptors (Lipinski definition) is 3. The molecule has 0 aliphatic heterocycles. The molecule has 0 spiro atoms. The van der Waals surface area contributed by atoms with Gasteiger partial charge >= 0.3 is 0 Å². The van der Waals surface area contributed by atoms with Crippen LogP contribution in [0.4, 0.5) is 0 Å². The Morgan fingerprint density at radius 1 is 1.17 bits per heavy atom. The van der Waals surface area contributed by atoms with Crippen LogP contribution in [-0.2, 0) is 0 Å². The molecule has 2 rings (SSSR count). The third-order valence-corrected chi connectivity index (χ3v) is 2.15. The summed E-state index contributed by atoms with van der Waals surface area (Å²) >= 11 is 0. The summed E-state index contributed by atoms with van der Waals surface area (Å²) in [6.07, 6.45) is 3.43. The minimum Gasteiger partial charge on any atom is -0.416 e. The van der Waals surface area contributed by atoms with Crippen molar-refractivity contribution in [2.45, 2.75) is 41.5 Å². The first-order valence-corrected chi connectivity index (χ1v) is 6.07. The molecule has 2 aromatic rings. The van der Waals surface area contributed by atoms with Gasteiger partial charge in [-0.05, 0) is 27.7 Å². The van der Waals surface area contributed by atoms with E-state index in [2.05, 4.69) is 15.0 Å². The summed E-state index contributed by atoms with van der Waals surface area (Å²) in [5.74, 6) is 1.00. The highest BCUT2D eigenvalue weighted by Crippen LogP contribution is 1.99. The summed E-state index contributed by atoms with van der Waals surface area (Å²) in [5.41, 5.74) is 3.23. The van der Waals surface area contributed by atoms with Crippen LogP contribution < -0.4 is 4.84 Å². The second-order valence-electron chi connectivity index (χ2n) is 3.59. The van der Waals surface area contributed by atoms with Crippen molar-refractivity contribution in [3.8, 4) is 0 Å². The molecule has 0 aliphatic carbocycles. The molecule has 0 saturated heterocycles. The van der Waals surface area contributed by atoms with Crippen molar-refractivity contribution in [1.29, 1.82) is 0 Å². The van der Waals surface area contributed by atoms with Crippen molar-refractivity contribution >= 4 is 0 Å². The number of aromatic nitrogens is 4. The molecule has 0 radical (unpaired) electrons. The van der Waals surface area contributed by atoms with Gasteiger partial charge < -0.3 is 9.82 Å². The van der Waals surface area contributed by atoms with Gasteiger partial charge in [0.2, 0.25) is 0 Å². The monoisotopic (exact) mass is 252 g/mol. The first-order chi connectivity index (χ1) is 8.52. The molecule has 0 unspecified atom stereocenters. The van der Waals surface area contributed by atoms with Crippen molar-refractivity contribution in [2.24, 2.45) is 0 Å². The van der Waals surface area contributed by atoms with Crippen LogP contribution in [0.25, 0.3) is 0 Å². The van der Waals surface area contributed by atoms with E-state index >= 15 is 0 Å². The minimum atomic E-state index is 0.965. The van der Waals surface area contributed by atoms with E-state index in [1.54, 1.807) is 24.4 Å². The summed E-state index contributed by atoms with van der Waals surface area (Å²) in [6.45, 7) is 11.9. The fourth-order valence-electron chi connectivity index (χ4n) is 1.22. The first kappa shape index (κ1) is 16.2. The topological polar surface area (TPSA) is 55.7 Å². The average molecular weight is 252 g/mol. The largest absolute Gasteiger partial charge is 0.416 e. The van der Waals surface area contributed by atoms with Crippen molar-refractivity contribution < 1.29 is 4.84 Å². The van der Waals surface area contributed by atoms with Gasteiger partial charge in [-0.15, -0.1) is 0 Å². The van der Waals surface area contributed by atoms with Crippen molar-refractivity contribution in [3.63, 3.8) is 0 Å². The molecule has 0 aliphatic rings. The number of H-pyrrole nitrogens is 1. The molecular weight excluding hydrogens is 228 g/mol. The van der Waals surface area contributed by atoms with E-state index in [4.69, 9.17) is 4.84 Å². The average Bonchev–Trinajstić information content (AvgIpc) is 2.89. The SMILES string of the molecule is CC.COn1cnc(C)c1.Cc1nc(C)c(C)[nH]1. The Hall–Kier alpha value is -1.78. The Bertz CT molecular complexity index is 426. The minimum absolute atomic E-state index is 0.965. The standard InChI is InChI=1S/C6H10N2.C5H8N2O.C2H6/c1-4-5(2)8-6(3)7-4;1-5-3-7(8-2)4-6-5;1-2/h1-3H3,(H,7,8);3-4H,1-2H3;1-2H3. The van der Waals surface area contributed by atoms with Crippen LogP contribution in [0, 0.1) is 27.7 Å². The molecule has 5 heteroatoms. The second-order valence-corrected chi connectivity index (χ2v) is 3.59. The smallest absolute Gasteiger partial charge is 0.132 e. The van der Waals surface area contributed by atoms with Gasteiger partial charge in [0.15, 0.2) is 0 Å². The molecule has 0 bridgehead atoms.